The van der Waals surface area contributed by atoms with Gasteiger partial charge in [0.1, 0.15) is 0 Å². The van der Waals surface area contributed by atoms with Gasteiger partial charge < -0.3 is 5.11 Å². The Morgan fingerprint density at radius 1 is 1.20 bits per heavy atom. The third-order valence-corrected chi connectivity index (χ3v) is 3.75. The highest BCUT2D eigenvalue weighted by Crippen LogP contribution is 2.30. The van der Waals surface area contributed by atoms with E-state index in [0.717, 1.165) is 32.4 Å². The highest BCUT2D eigenvalue weighted by atomic mass is 19.3. The van der Waals surface area contributed by atoms with Crippen molar-refractivity contribution in [2.24, 2.45) is 0 Å². The third kappa shape index (κ3) is 3.76. The summed E-state index contributed by atoms with van der Waals surface area (Å²) in [5.41, 5.74) is 0.627. The fourth-order valence-corrected chi connectivity index (χ4v) is 2.76. The van der Waals surface area contributed by atoms with Gasteiger partial charge in [0.05, 0.1) is 6.42 Å². The Hall–Kier alpha value is -1.49. The van der Waals surface area contributed by atoms with E-state index in [1.54, 1.807) is 12.1 Å². The van der Waals surface area contributed by atoms with Gasteiger partial charge in [0.15, 0.2) is 0 Å². The van der Waals surface area contributed by atoms with Crippen LogP contribution in [0.15, 0.2) is 24.3 Å². The molecule has 3 nitrogen and oxygen atoms in total. The van der Waals surface area contributed by atoms with Gasteiger partial charge in [-0.1, -0.05) is 24.6 Å². The minimum absolute atomic E-state index is 0.0464. The second kappa shape index (κ2) is 6.79. The lowest BCUT2D eigenvalue weighted by atomic mass is 9.97. The molecule has 0 aliphatic carbocycles. The van der Waals surface area contributed by atoms with E-state index in [0.29, 0.717) is 5.56 Å². The van der Waals surface area contributed by atoms with Crippen molar-refractivity contribution < 1.29 is 18.7 Å². The zero-order valence-electron chi connectivity index (χ0n) is 11.3. The fourth-order valence-electron chi connectivity index (χ4n) is 2.76. The van der Waals surface area contributed by atoms with E-state index >= 15 is 0 Å². The number of hydrogen-bond acceptors (Lipinski definition) is 2. The quantitative estimate of drug-likeness (QED) is 0.897. The van der Waals surface area contributed by atoms with Gasteiger partial charge >= 0.3 is 5.97 Å². The van der Waals surface area contributed by atoms with Crippen molar-refractivity contribution in [2.75, 3.05) is 13.1 Å². The zero-order chi connectivity index (χ0) is 14.5. The standard InChI is InChI=1S/C15H19F2NO2/c16-15(17)12-6-4-5-11(9-12)13(10-14(19)20)18-7-2-1-3-8-18/h4-6,9,13,15H,1-3,7-8,10H2,(H,19,20). The molecule has 0 radical (unpaired) electrons. The first-order valence-electron chi connectivity index (χ1n) is 6.92. The lowest BCUT2D eigenvalue weighted by Gasteiger charge is -2.34. The number of aliphatic carboxylic acids is 1. The average molecular weight is 283 g/mol. The molecule has 1 aliphatic rings. The zero-order valence-corrected chi connectivity index (χ0v) is 11.3. The van der Waals surface area contributed by atoms with Crippen LogP contribution in [0.4, 0.5) is 8.78 Å². The van der Waals surface area contributed by atoms with E-state index in [4.69, 9.17) is 5.11 Å². The number of hydrogen-bond donors (Lipinski definition) is 1. The minimum atomic E-state index is -2.53. The molecule has 1 N–H and O–H groups in total. The Morgan fingerprint density at radius 3 is 2.45 bits per heavy atom. The molecule has 1 aliphatic heterocycles. The van der Waals surface area contributed by atoms with Crippen LogP contribution < -0.4 is 0 Å². The monoisotopic (exact) mass is 283 g/mol. The molecule has 0 aromatic heterocycles. The highest BCUT2D eigenvalue weighted by molar-refractivity contribution is 5.68. The summed E-state index contributed by atoms with van der Waals surface area (Å²) < 4.78 is 25.6. The summed E-state index contributed by atoms with van der Waals surface area (Å²) in [5.74, 6) is -0.900. The van der Waals surface area contributed by atoms with Crippen LogP contribution in [0, 0.1) is 0 Å². The first-order valence-corrected chi connectivity index (χ1v) is 6.92. The maximum absolute atomic E-state index is 12.8. The molecule has 1 fully saturated rings. The number of likely N-dealkylation sites (tertiary alicyclic amines) is 1. The van der Waals surface area contributed by atoms with E-state index in [2.05, 4.69) is 4.90 Å². The topological polar surface area (TPSA) is 40.5 Å². The fraction of sp³-hybridized carbons (Fsp3) is 0.533. The molecule has 0 spiro atoms. The molecule has 1 aromatic rings. The van der Waals surface area contributed by atoms with Gasteiger partial charge in [-0.2, -0.15) is 0 Å². The lowest BCUT2D eigenvalue weighted by Crippen LogP contribution is -2.35. The van der Waals surface area contributed by atoms with Crippen LogP contribution in [0.25, 0.3) is 0 Å². The summed E-state index contributed by atoms with van der Waals surface area (Å²) >= 11 is 0. The predicted octanol–water partition coefficient (Wildman–Crippen LogP) is 3.63. The Balaban J connectivity index is 2.24. The molecule has 2 rings (SSSR count). The summed E-state index contributed by atoms with van der Waals surface area (Å²) in [6, 6.07) is 5.82. The van der Waals surface area contributed by atoms with Gasteiger partial charge in [-0.15, -0.1) is 0 Å². The number of carboxylic acids is 1. The van der Waals surface area contributed by atoms with Crippen LogP contribution >= 0.6 is 0 Å². The normalized spacial score (nSPS) is 18.1. The molecule has 20 heavy (non-hydrogen) atoms. The number of carbonyl (C=O) groups is 1. The molecule has 110 valence electrons. The van der Waals surface area contributed by atoms with Crippen LogP contribution in [0.2, 0.25) is 0 Å². The second-order valence-electron chi connectivity index (χ2n) is 5.18. The Labute approximate surface area is 117 Å². The van der Waals surface area contributed by atoms with E-state index in [-0.39, 0.29) is 18.0 Å². The van der Waals surface area contributed by atoms with Gasteiger partial charge in [0.25, 0.3) is 6.43 Å². The Morgan fingerprint density at radius 2 is 1.85 bits per heavy atom. The molecule has 1 unspecified atom stereocenters. The second-order valence-corrected chi connectivity index (χ2v) is 5.18. The SMILES string of the molecule is O=C(O)CC(c1cccc(C(F)F)c1)N1CCCCC1. The molecule has 0 saturated carbocycles. The Kier molecular flexibility index (Phi) is 5.06. The first kappa shape index (κ1) is 14.9. The summed E-state index contributed by atoms with van der Waals surface area (Å²) in [4.78, 5) is 13.2. The van der Waals surface area contributed by atoms with Crippen LogP contribution in [0.1, 0.15) is 49.3 Å². The van der Waals surface area contributed by atoms with Crippen LogP contribution in [-0.2, 0) is 4.79 Å². The molecular formula is C15H19F2NO2. The maximum Gasteiger partial charge on any atom is 0.305 e. The van der Waals surface area contributed by atoms with Crippen molar-refractivity contribution in [1.29, 1.82) is 0 Å². The summed E-state index contributed by atoms with van der Waals surface area (Å²) in [7, 11) is 0. The Bertz CT molecular complexity index is 459. The van der Waals surface area contributed by atoms with Crippen molar-refractivity contribution in [3.8, 4) is 0 Å². The van der Waals surface area contributed by atoms with Gasteiger partial charge in [0, 0.05) is 11.6 Å². The molecular weight excluding hydrogens is 264 g/mol. The summed E-state index contributed by atoms with van der Waals surface area (Å²) in [6.45, 7) is 1.66. The number of alkyl halides is 2. The first-order chi connectivity index (χ1) is 9.58. The number of halogens is 2. The van der Waals surface area contributed by atoms with Crippen molar-refractivity contribution >= 4 is 5.97 Å². The van der Waals surface area contributed by atoms with Gasteiger partial charge in [-0.25, -0.2) is 8.78 Å². The third-order valence-electron chi connectivity index (χ3n) is 3.75. The van der Waals surface area contributed by atoms with Crippen molar-refractivity contribution in [1.82, 2.24) is 4.90 Å². The average Bonchev–Trinajstić information content (AvgIpc) is 2.45. The van der Waals surface area contributed by atoms with Gasteiger partial charge in [-0.3, -0.25) is 9.69 Å². The molecule has 1 heterocycles. The molecule has 0 bridgehead atoms. The van der Waals surface area contributed by atoms with Crippen LogP contribution in [0.5, 0.6) is 0 Å². The van der Waals surface area contributed by atoms with Crippen LogP contribution in [0.3, 0.4) is 0 Å². The molecule has 1 saturated heterocycles. The summed E-state index contributed by atoms with van der Waals surface area (Å²) in [6.07, 6.45) is 0.636. The van der Waals surface area contributed by atoms with E-state index in [1.807, 2.05) is 0 Å². The largest absolute Gasteiger partial charge is 0.481 e. The summed E-state index contributed by atoms with van der Waals surface area (Å²) in [5, 5.41) is 9.08. The van der Waals surface area contributed by atoms with Crippen LogP contribution in [-0.4, -0.2) is 29.1 Å². The molecule has 0 amide bonds. The lowest BCUT2D eigenvalue weighted by molar-refractivity contribution is -0.138. The van der Waals surface area contributed by atoms with Crippen molar-refractivity contribution in [2.45, 2.75) is 38.2 Å². The number of nitrogens with zero attached hydrogens (tertiary/aromatic N) is 1. The van der Waals surface area contributed by atoms with E-state index in [1.165, 1.54) is 12.1 Å². The van der Waals surface area contributed by atoms with Gasteiger partial charge in [0.2, 0.25) is 0 Å². The molecule has 1 aromatic carbocycles. The number of benzene rings is 1. The minimum Gasteiger partial charge on any atom is -0.481 e. The van der Waals surface area contributed by atoms with Gasteiger partial charge in [-0.05, 0) is 37.6 Å². The molecule has 5 heteroatoms. The number of rotatable bonds is 5. The molecule has 1 atom stereocenters. The number of carboxylic acid groups (broad SMARTS) is 1. The number of piperidine rings is 1. The smallest absolute Gasteiger partial charge is 0.305 e. The van der Waals surface area contributed by atoms with E-state index < -0.39 is 12.4 Å². The van der Waals surface area contributed by atoms with Crippen molar-refractivity contribution in [3.63, 3.8) is 0 Å². The predicted molar refractivity (Wildman–Crippen MR) is 71.8 cm³/mol. The van der Waals surface area contributed by atoms with E-state index in [9.17, 15) is 13.6 Å². The maximum atomic E-state index is 12.8. The highest BCUT2D eigenvalue weighted by Gasteiger charge is 2.25. The van der Waals surface area contributed by atoms with Crippen molar-refractivity contribution in [3.05, 3.63) is 35.4 Å².